The Morgan fingerprint density at radius 3 is 1.16 bits per heavy atom. The zero-order valence-corrected chi connectivity index (χ0v) is 43.9. The highest BCUT2D eigenvalue weighted by Crippen LogP contribution is 2.43. The Balaban J connectivity index is 4.17. The number of quaternary nitrogens is 1. The average molecular weight is 929 g/mol. The molecular formula is C54H107NO8P+. The molecule has 0 bridgehead atoms. The van der Waals surface area contributed by atoms with Gasteiger partial charge in [-0.05, 0) is 38.5 Å². The van der Waals surface area contributed by atoms with Crippen LogP contribution in [0.3, 0.4) is 0 Å². The number of phosphoric ester groups is 1. The van der Waals surface area contributed by atoms with Crippen LogP contribution in [-0.4, -0.2) is 74.9 Å². The second-order valence-corrected chi connectivity index (χ2v) is 21.4. The number of hydrogen-bond acceptors (Lipinski definition) is 7. The first kappa shape index (κ1) is 62.8. The highest BCUT2D eigenvalue weighted by molar-refractivity contribution is 7.47. The first-order chi connectivity index (χ1) is 31.0. The van der Waals surface area contributed by atoms with Gasteiger partial charge in [0.15, 0.2) is 6.10 Å². The van der Waals surface area contributed by atoms with E-state index in [1.807, 2.05) is 21.1 Å². The maximum Gasteiger partial charge on any atom is 0.472 e. The lowest BCUT2D eigenvalue weighted by Crippen LogP contribution is -2.37. The summed E-state index contributed by atoms with van der Waals surface area (Å²) in [5.74, 6) is -0.783. The van der Waals surface area contributed by atoms with Gasteiger partial charge in [-0.25, -0.2) is 4.57 Å². The highest BCUT2D eigenvalue weighted by Gasteiger charge is 2.27. The number of rotatable bonds is 51. The summed E-state index contributed by atoms with van der Waals surface area (Å²) in [5, 5.41) is 0. The van der Waals surface area contributed by atoms with Crippen LogP contribution < -0.4 is 0 Å². The van der Waals surface area contributed by atoms with Crippen molar-refractivity contribution in [3.05, 3.63) is 12.2 Å². The van der Waals surface area contributed by atoms with E-state index >= 15 is 0 Å². The Kier molecular flexibility index (Phi) is 45.9. The van der Waals surface area contributed by atoms with Crippen molar-refractivity contribution in [2.45, 2.75) is 277 Å². The number of nitrogens with zero attached hydrogens (tertiary/aromatic N) is 1. The molecule has 2 atom stereocenters. The monoisotopic (exact) mass is 929 g/mol. The molecule has 0 heterocycles. The van der Waals surface area contributed by atoms with Crippen molar-refractivity contribution in [2.24, 2.45) is 0 Å². The Morgan fingerprint density at radius 1 is 0.469 bits per heavy atom. The fraction of sp³-hybridized carbons (Fsp3) is 0.926. The summed E-state index contributed by atoms with van der Waals surface area (Å²) in [6.07, 6.45) is 52.7. The fourth-order valence-corrected chi connectivity index (χ4v) is 8.75. The van der Waals surface area contributed by atoms with Gasteiger partial charge in [-0.2, -0.15) is 0 Å². The van der Waals surface area contributed by atoms with Gasteiger partial charge < -0.3 is 18.9 Å². The summed E-state index contributed by atoms with van der Waals surface area (Å²) in [4.78, 5) is 35.6. The molecule has 0 spiro atoms. The van der Waals surface area contributed by atoms with Crippen molar-refractivity contribution in [1.29, 1.82) is 0 Å². The molecule has 10 heteroatoms. The SMILES string of the molecule is CCCCCCCC/C=C/CCCCCCCCCCCC(=O)O[C@H](COC(=O)CCCCCCCCCCCCCCCCCCCCCCC)COP(=O)(O)OCC[N+](C)(C)C. The summed E-state index contributed by atoms with van der Waals surface area (Å²) in [6.45, 7) is 4.48. The van der Waals surface area contributed by atoms with Crippen molar-refractivity contribution in [3.63, 3.8) is 0 Å². The molecule has 64 heavy (non-hydrogen) atoms. The number of phosphoric acid groups is 1. The van der Waals surface area contributed by atoms with E-state index in [0.717, 1.165) is 32.1 Å². The maximum atomic E-state index is 12.8. The standard InChI is InChI=1S/C54H106NO8P/c1-6-8-10-12-14-16-18-20-22-24-26-27-29-30-32-34-36-38-40-42-44-46-53(56)60-50-52(51-62-64(58,59)61-49-48-55(3,4)5)63-54(57)47-45-43-41-39-37-35-33-31-28-25-23-21-19-17-15-13-11-9-7-2/h21,23,52H,6-20,22,24-51H2,1-5H3/p+1/b23-21+/t52-/m1/s1. The van der Waals surface area contributed by atoms with E-state index in [9.17, 15) is 19.0 Å². The second-order valence-electron chi connectivity index (χ2n) is 20.0. The minimum atomic E-state index is -4.38. The molecule has 9 nitrogen and oxygen atoms in total. The van der Waals surface area contributed by atoms with Crippen molar-refractivity contribution in [1.82, 2.24) is 0 Å². The van der Waals surface area contributed by atoms with E-state index in [2.05, 4.69) is 26.0 Å². The van der Waals surface area contributed by atoms with Crippen LogP contribution in [0.25, 0.3) is 0 Å². The van der Waals surface area contributed by atoms with Gasteiger partial charge in [-0.1, -0.05) is 231 Å². The minimum absolute atomic E-state index is 0.0349. The van der Waals surface area contributed by atoms with Crippen molar-refractivity contribution in [3.8, 4) is 0 Å². The quantitative estimate of drug-likeness (QED) is 0.0211. The average Bonchev–Trinajstić information content (AvgIpc) is 3.25. The highest BCUT2D eigenvalue weighted by atomic mass is 31.2. The minimum Gasteiger partial charge on any atom is -0.462 e. The molecule has 0 fully saturated rings. The number of carbonyl (C=O) groups excluding carboxylic acids is 2. The summed E-state index contributed by atoms with van der Waals surface area (Å²) < 4.78 is 34.5. The van der Waals surface area contributed by atoms with Gasteiger partial charge in [0.1, 0.15) is 19.8 Å². The van der Waals surface area contributed by atoms with E-state index < -0.39 is 26.5 Å². The molecule has 1 N–H and O–H groups in total. The number of unbranched alkanes of at least 4 members (excludes halogenated alkanes) is 35. The molecule has 380 valence electrons. The molecule has 0 aromatic heterocycles. The Morgan fingerprint density at radius 2 is 0.797 bits per heavy atom. The molecular weight excluding hydrogens is 822 g/mol. The van der Waals surface area contributed by atoms with Crippen LogP contribution in [0.1, 0.15) is 271 Å². The van der Waals surface area contributed by atoms with E-state index in [1.54, 1.807) is 0 Å². The van der Waals surface area contributed by atoms with E-state index in [-0.39, 0.29) is 25.6 Å². The number of likely N-dealkylation sites (N-methyl/N-ethyl adjacent to an activating group) is 1. The molecule has 0 aliphatic carbocycles. The van der Waals surface area contributed by atoms with Crippen LogP contribution in [0.2, 0.25) is 0 Å². The molecule has 0 saturated carbocycles. The second kappa shape index (κ2) is 46.8. The van der Waals surface area contributed by atoms with Gasteiger partial charge in [0.25, 0.3) is 0 Å². The smallest absolute Gasteiger partial charge is 0.462 e. The number of allylic oxidation sites excluding steroid dienone is 2. The molecule has 0 rings (SSSR count). The van der Waals surface area contributed by atoms with Crippen LogP contribution in [-0.2, 0) is 32.7 Å². The Hall–Kier alpha value is -1.25. The van der Waals surface area contributed by atoms with Crippen LogP contribution in [0.15, 0.2) is 12.2 Å². The molecule has 1 unspecified atom stereocenters. The lowest BCUT2D eigenvalue weighted by Gasteiger charge is -2.24. The van der Waals surface area contributed by atoms with Crippen molar-refractivity contribution in [2.75, 3.05) is 47.5 Å². The van der Waals surface area contributed by atoms with E-state index in [1.165, 1.54) is 205 Å². The van der Waals surface area contributed by atoms with Crippen LogP contribution in [0, 0.1) is 0 Å². The van der Waals surface area contributed by atoms with Crippen LogP contribution in [0.4, 0.5) is 0 Å². The van der Waals surface area contributed by atoms with E-state index in [0.29, 0.717) is 23.9 Å². The molecule has 0 aromatic rings. The van der Waals surface area contributed by atoms with Gasteiger partial charge >= 0.3 is 19.8 Å². The lowest BCUT2D eigenvalue weighted by molar-refractivity contribution is -0.870. The number of hydrogen-bond donors (Lipinski definition) is 1. The number of esters is 2. The number of carbonyl (C=O) groups is 2. The van der Waals surface area contributed by atoms with Gasteiger partial charge in [0, 0.05) is 12.8 Å². The fourth-order valence-electron chi connectivity index (χ4n) is 8.01. The maximum absolute atomic E-state index is 12.8. The van der Waals surface area contributed by atoms with Gasteiger partial charge in [0.2, 0.25) is 0 Å². The third-order valence-electron chi connectivity index (χ3n) is 12.3. The molecule has 0 aliphatic rings. The predicted octanol–water partition coefficient (Wildman–Crippen LogP) is 16.5. The van der Waals surface area contributed by atoms with Crippen LogP contribution >= 0.6 is 7.82 Å². The van der Waals surface area contributed by atoms with Crippen molar-refractivity contribution < 1.29 is 42.1 Å². The molecule has 0 saturated heterocycles. The third kappa shape index (κ3) is 50.2. The van der Waals surface area contributed by atoms with Crippen molar-refractivity contribution >= 4 is 19.8 Å². The predicted molar refractivity (Wildman–Crippen MR) is 271 cm³/mol. The summed E-state index contributed by atoms with van der Waals surface area (Å²) in [7, 11) is 1.49. The summed E-state index contributed by atoms with van der Waals surface area (Å²) in [6, 6.07) is 0. The Bertz CT molecular complexity index is 1100. The largest absolute Gasteiger partial charge is 0.472 e. The first-order valence-electron chi connectivity index (χ1n) is 27.4. The van der Waals surface area contributed by atoms with Gasteiger partial charge in [-0.3, -0.25) is 18.6 Å². The van der Waals surface area contributed by atoms with Gasteiger partial charge in [-0.15, -0.1) is 0 Å². The van der Waals surface area contributed by atoms with Crippen LogP contribution in [0.5, 0.6) is 0 Å². The summed E-state index contributed by atoms with van der Waals surface area (Å²) in [5.41, 5.74) is 0. The Labute approximate surface area is 396 Å². The molecule has 0 radical (unpaired) electrons. The molecule has 0 aromatic carbocycles. The molecule has 0 amide bonds. The first-order valence-corrected chi connectivity index (χ1v) is 28.9. The molecule has 0 aliphatic heterocycles. The number of ether oxygens (including phenoxy) is 2. The zero-order valence-electron chi connectivity index (χ0n) is 43.0. The lowest BCUT2D eigenvalue weighted by atomic mass is 10.0. The van der Waals surface area contributed by atoms with E-state index in [4.69, 9.17) is 18.5 Å². The topological polar surface area (TPSA) is 108 Å². The summed E-state index contributed by atoms with van der Waals surface area (Å²) >= 11 is 0. The van der Waals surface area contributed by atoms with Gasteiger partial charge in [0.05, 0.1) is 27.7 Å². The zero-order chi connectivity index (χ0) is 47.1. The normalized spacial score (nSPS) is 13.4. The third-order valence-corrected chi connectivity index (χ3v) is 13.3.